The van der Waals surface area contributed by atoms with Crippen molar-refractivity contribution in [2.75, 3.05) is 0 Å². The Labute approximate surface area is 224 Å². The summed E-state index contributed by atoms with van der Waals surface area (Å²) < 4.78 is 0. The van der Waals surface area contributed by atoms with Gasteiger partial charge in [0, 0.05) is 0 Å². The zero-order chi connectivity index (χ0) is 26.0. The van der Waals surface area contributed by atoms with E-state index < -0.39 is 0 Å². The maximum Gasteiger partial charge on any atom is -0.00137 e. The summed E-state index contributed by atoms with van der Waals surface area (Å²) >= 11 is 0. The highest BCUT2D eigenvalue weighted by Crippen LogP contribution is 2.49. The molecule has 182 valence electrons. The lowest BCUT2D eigenvalue weighted by Gasteiger charge is -2.23. The number of fused-ring (bicyclic) bond motifs is 6. The Morgan fingerprint density at radius 3 is 1.39 bits per heavy atom. The molecule has 0 atom stereocenters. The molecule has 0 N–H and O–H groups in total. The minimum absolute atomic E-state index is 1.28. The molecule has 0 heteroatoms. The quantitative estimate of drug-likeness (QED) is 0.168. The second kappa shape index (κ2) is 8.57. The molecule has 0 saturated carbocycles. The Balaban J connectivity index is 1.83. The van der Waals surface area contributed by atoms with E-state index in [1.807, 2.05) is 0 Å². The normalized spacial score (nSPS) is 11.7. The van der Waals surface area contributed by atoms with Crippen LogP contribution in [0.25, 0.3) is 65.3 Å². The molecule has 7 rings (SSSR count). The number of rotatable bonds is 2. The zero-order valence-electron chi connectivity index (χ0n) is 22.4. The molecule has 0 fully saturated rings. The third-order valence-corrected chi connectivity index (χ3v) is 8.37. The lowest BCUT2D eigenvalue weighted by molar-refractivity contribution is 1.38. The van der Waals surface area contributed by atoms with Crippen LogP contribution < -0.4 is 0 Å². The summed E-state index contributed by atoms with van der Waals surface area (Å²) in [6, 6.07) is 40.5. The molecule has 0 aromatic heterocycles. The van der Waals surface area contributed by atoms with Gasteiger partial charge in [0.15, 0.2) is 0 Å². The Morgan fingerprint density at radius 1 is 0.289 bits per heavy atom. The molecular formula is C38H30. The minimum Gasteiger partial charge on any atom is -0.0617 e. The maximum absolute atomic E-state index is 2.38. The lowest BCUT2D eigenvalue weighted by Crippen LogP contribution is -1.97. The third kappa shape index (κ3) is 3.23. The summed E-state index contributed by atoms with van der Waals surface area (Å²) in [5.74, 6) is 0. The SMILES string of the molecule is Cc1cccc(C)c1-c1c2ccccc2c(-c2c(C)cccc2C)c2c1ccc1c3ccccc3ccc12. The monoisotopic (exact) mass is 486 g/mol. The first kappa shape index (κ1) is 22.8. The molecule has 0 aliphatic heterocycles. The van der Waals surface area contributed by atoms with Gasteiger partial charge in [0.2, 0.25) is 0 Å². The maximum atomic E-state index is 2.38. The molecule has 0 bridgehead atoms. The molecular weight excluding hydrogens is 456 g/mol. The Bertz CT molecular complexity index is 2020. The van der Waals surface area contributed by atoms with Crippen LogP contribution in [-0.4, -0.2) is 0 Å². The van der Waals surface area contributed by atoms with Crippen molar-refractivity contribution in [3.05, 3.63) is 131 Å². The predicted octanol–water partition coefficient (Wildman–Crippen LogP) is 10.9. The number of benzene rings is 7. The zero-order valence-corrected chi connectivity index (χ0v) is 22.4. The van der Waals surface area contributed by atoms with E-state index in [0.717, 1.165) is 0 Å². The Kier molecular flexibility index (Phi) is 5.13. The van der Waals surface area contributed by atoms with Crippen molar-refractivity contribution in [3.8, 4) is 22.3 Å². The fourth-order valence-corrected chi connectivity index (χ4v) is 6.71. The summed E-state index contributed by atoms with van der Waals surface area (Å²) in [7, 11) is 0. The predicted molar refractivity (Wildman–Crippen MR) is 166 cm³/mol. The molecule has 0 amide bonds. The van der Waals surface area contributed by atoms with Gasteiger partial charge in [-0.3, -0.25) is 0 Å². The second-order valence-electron chi connectivity index (χ2n) is 10.7. The van der Waals surface area contributed by atoms with Gasteiger partial charge in [-0.2, -0.15) is 0 Å². The Morgan fingerprint density at radius 2 is 0.763 bits per heavy atom. The fraction of sp³-hybridized carbons (Fsp3) is 0.105. The smallest absolute Gasteiger partial charge is 0.00137 e. The largest absolute Gasteiger partial charge is 0.0617 e. The molecule has 0 spiro atoms. The minimum atomic E-state index is 1.28. The Hall–Kier alpha value is -4.42. The van der Waals surface area contributed by atoms with E-state index in [-0.39, 0.29) is 0 Å². The molecule has 38 heavy (non-hydrogen) atoms. The molecule has 0 aliphatic carbocycles. The van der Waals surface area contributed by atoms with Crippen LogP contribution in [-0.2, 0) is 0 Å². The highest BCUT2D eigenvalue weighted by molar-refractivity contribution is 6.30. The summed E-state index contributed by atoms with van der Waals surface area (Å²) in [6.45, 7) is 9.00. The number of hydrogen-bond donors (Lipinski definition) is 0. The van der Waals surface area contributed by atoms with E-state index in [0.29, 0.717) is 0 Å². The van der Waals surface area contributed by atoms with Gasteiger partial charge >= 0.3 is 0 Å². The van der Waals surface area contributed by atoms with Crippen LogP contribution in [0.3, 0.4) is 0 Å². The summed E-state index contributed by atoms with van der Waals surface area (Å²) in [5.41, 5.74) is 10.6. The van der Waals surface area contributed by atoms with Crippen LogP contribution in [0.1, 0.15) is 22.3 Å². The van der Waals surface area contributed by atoms with Crippen molar-refractivity contribution in [1.82, 2.24) is 0 Å². The van der Waals surface area contributed by atoms with Gasteiger partial charge in [-0.05, 0) is 115 Å². The van der Waals surface area contributed by atoms with Crippen LogP contribution in [0.4, 0.5) is 0 Å². The first-order chi connectivity index (χ1) is 18.5. The second-order valence-corrected chi connectivity index (χ2v) is 10.7. The highest BCUT2D eigenvalue weighted by Gasteiger charge is 2.22. The van der Waals surface area contributed by atoms with Gasteiger partial charge in [0.05, 0.1) is 0 Å². The summed E-state index contributed by atoms with van der Waals surface area (Å²) in [6.07, 6.45) is 0. The number of aryl methyl sites for hydroxylation is 4. The summed E-state index contributed by atoms with van der Waals surface area (Å²) in [4.78, 5) is 0. The van der Waals surface area contributed by atoms with E-state index in [2.05, 4.69) is 137 Å². The van der Waals surface area contributed by atoms with Gasteiger partial charge in [-0.15, -0.1) is 0 Å². The average Bonchev–Trinajstić information content (AvgIpc) is 2.93. The van der Waals surface area contributed by atoms with Crippen LogP contribution in [0, 0.1) is 27.7 Å². The average molecular weight is 487 g/mol. The van der Waals surface area contributed by atoms with Gasteiger partial charge in [-0.25, -0.2) is 0 Å². The number of hydrogen-bond acceptors (Lipinski definition) is 0. The molecule has 0 unspecified atom stereocenters. The highest BCUT2D eigenvalue weighted by atomic mass is 14.2. The summed E-state index contributed by atoms with van der Waals surface area (Å²) in [5, 5.41) is 10.5. The van der Waals surface area contributed by atoms with Crippen LogP contribution in [0.5, 0.6) is 0 Å². The van der Waals surface area contributed by atoms with Crippen molar-refractivity contribution in [2.45, 2.75) is 27.7 Å². The first-order valence-electron chi connectivity index (χ1n) is 13.5. The van der Waals surface area contributed by atoms with E-state index in [1.54, 1.807) is 0 Å². The molecule has 7 aromatic rings. The van der Waals surface area contributed by atoms with E-state index in [9.17, 15) is 0 Å². The van der Waals surface area contributed by atoms with Gasteiger partial charge in [-0.1, -0.05) is 109 Å². The van der Waals surface area contributed by atoms with Gasteiger partial charge in [0.25, 0.3) is 0 Å². The lowest BCUT2D eigenvalue weighted by atomic mass is 9.80. The molecule has 0 saturated heterocycles. The first-order valence-corrected chi connectivity index (χ1v) is 13.5. The van der Waals surface area contributed by atoms with Gasteiger partial charge < -0.3 is 0 Å². The van der Waals surface area contributed by atoms with Crippen molar-refractivity contribution >= 4 is 43.1 Å². The van der Waals surface area contributed by atoms with Crippen molar-refractivity contribution in [2.24, 2.45) is 0 Å². The molecule has 0 aliphatic rings. The van der Waals surface area contributed by atoms with Crippen LogP contribution in [0.2, 0.25) is 0 Å². The standard InChI is InChI=1S/C38H30/c1-23-11-9-12-24(2)34(23)36-30-17-7-8-18-31(30)38(35-25(3)13-10-14-26(35)4)37-32-20-19-27-15-5-6-16-28(27)29(32)21-22-33(36)37/h5-22H,1-4H3. The van der Waals surface area contributed by atoms with Crippen molar-refractivity contribution in [3.63, 3.8) is 0 Å². The fourth-order valence-electron chi connectivity index (χ4n) is 6.71. The van der Waals surface area contributed by atoms with Crippen molar-refractivity contribution in [1.29, 1.82) is 0 Å². The van der Waals surface area contributed by atoms with Gasteiger partial charge in [0.1, 0.15) is 0 Å². The third-order valence-electron chi connectivity index (χ3n) is 8.37. The molecule has 0 radical (unpaired) electrons. The molecule has 0 heterocycles. The van der Waals surface area contributed by atoms with E-state index in [1.165, 1.54) is 87.6 Å². The van der Waals surface area contributed by atoms with E-state index >= 15 is 0 Å². The topological polar surface area (TPSA) is 0 Å². The van der Waals surface area contributed by atoms with Crippen LogP contribution >= 0.6 is 0 Å². The van der Waals surface area contributed by atoms with Crippen LogP contribution in [0.15, 0.2) is 109 Å². The molecule has 0 nitrogen and oxygen atoms in total. The molecule has 7 aromatic carbocycles. The van der Waals surface area contributed by atoms with E-state index in [4.69, 9.17) is 0 Å². The van der Waals surface area contributed by atoms with Crippen molar-refractivity contribution < 1.29 is 0 Å².